The third-order valence-electron chi connectivity index (χ3n) is 1.67. The minimum Gasteiger partial charge on any atom is -0.478 e. The first-order valence-electron chi connectivity index (χ1n) is 4.31. The number of benzene rings is 1. The molecular weight excluding hydrogens is 198 g/mol. The molecule has 0 unspecified atom stereocenters. The number of carbonyl (C=O) groups is 2. The molecule has 0 aromatic heterocycles. The van der Waals surface area contributed by atoms with Crippen LogP contribution in [0.3, 0.4) is 0 Å². The smallest absolute Gasteiger partial charge is 0.335 e. The minimum atomic E-state index is -1.08. The Kier molecular flexibility index (Phi) is 3.41. The molecule has 15 heavy (non-hydrogen) atoms. The second kappa shape index (κ2) is 4.56. The number of carboxylic acid groups (broad SMARTS) is 1. The molecule has 1 aromatic carbocycles. The zero-order valence-corrected chi connectivity index (χ0v) is 8.14. The molecule has 0 saturated heterocycles. The highest BCUT2D eigenvalue weighted by Gasteiger charge is 2.11. The van der Waals surface area contributed by atoms with Crippen molar-refractivity contribution < 1.29 is 19.4 Å². The van der Waals surface area contributed by atoms with Gasteiger partial charge in [-0.05, 0) is 25.1 Å². The first-order valence-corrected chi connectivity index (χ1v) is 4.31. The standard InChI is InChI=1S/C10H11NO4/c1-6(11)10(14)15-8-4-2-3-7(5-8)9(12)13/h2-6H,11H2,1H3,(H,12,13)/t6-/m0/s1. The Morgan fingerprint density at radius 1 is 1.47 bits per heavy atom. The van der Waals surface area contributed by atoms with E-state index in [-0.39, 0.29) is 11.3 Å². The van der Waals surface area contributed by atoms with Crippen molar-refractivity contribution in [3.05, 3.63) is 29.8 Å². The molecule has 5 nitrogen and oxygen atoms in total. The summed E-state index contributed by atoms with van der Waals surface area (Å²) in [6.07, 6.45) is 0. The number of esters is 1. The van der Waals surface area contributed by atoms with E-state index in [0.717, 1.165) is 0 Å². The third-order valence-corrected chi connectivity index (χ3v) is 1.67. The van der Waals surface area contributed by atoms with Crippen LogP contribution in [-0.4, -0.2) is 23.1 Å². The summed E-state index contributed by atoms with van der Waals surface area (Å²) in [4.78, 5) is 21.7. The van der Waals surface area contributed by atoms with Crippen molar-refractivity contribution in [2.75, 3.05) is 0 Å². The van der Waals surface area contributed by atoms with Crippen molar-refractivity contribution in [1.82, 2.24) is 0 Å². The van der Waals surface area contributed by atoms with Crippen LogP contribution < -0.4 is 10.5 Å². The van der Waals surface area contributed by atoms with Crippen LogP contribution in [0.5, 0.6) is 5.75 Å². The number of rotatable bonds is 3. The number of carboxylic acids is 1. The van der Waals surface area contributed by atoms with Crippen LogP contribution in [0.15, 0.2) is 24.3 Å². The van der Waals surface area contributed by atoms with E-state index >= 15 is 0 Å². The lowest BCUT2D eigenvalue weighted by molar-refractivity contribution is -0.135. The number of hydrogen-bond donors (Lipinski definition) is 2. The first kappa shape index (κ1) is 11.2. The molecule has 1 aromatic rings. The molecule has 0 aliphatic carbocycles. The largest absolute Gasteiger partial charge is 0.478 e. The van der Waals surface area contributed by atoms with E-state index in [1.807, 2.05) is 0 Å². The molecule has 1 rings (SSSR count). The summed E-state index contributed by atoms with van der Waals surface area (Å²) >= 11 is 0. The fraction of sp³-hybridized carbons (Fsp3) is 0.200. The lowest BCUT2D eigenvalue weighted by Gasteiger charge is -2.06. The van der Waals surface area contributed by atoms with E-state index in [0.29, 0.717) is 0 Å². The summed E-state index contributed by atoms with van der Waals surface area (Å²) in [6.45, 7) is 1.49. The summed E-state index contributed by atoms with van der Waals surface area (Å²) in [5.74, 6) is -1.50. The van der Waals surface area contributed by atoms with E-state index in [4.69, 9.17) is 15.6 Å². The fourth-order valence-electron chi connectivity index (χ4n) is 0.902. The molecule has 0 radical (unpaired) electrons. The van der Waals surface area contributed by atoms with Gasteiger partial charge in [-0.25, -0.2) is 9.59 Å². The van der Waals surface area contributed by atoms with E-state index in [1.54, 1.807) is 0 Å². The number of ether oxygens (including phenoxy) is 1. The van der Waals surface area contributed by atoms with Crippen molar-refractivity contribution in [2.24, 2.45) is 5.73 Å². The molecule has 5 heteroatoms. The highest BCUT2D eigenvalue weighted by molar-refractivity contribution is 5.88. The van der Waals surface area contributed by atoms with E-state index in [1.165, 1.54) is 31.2 Å². The van der Waals surface area contributed by atoms with Crippen molar-refractivity contribution in [3.63, 3.8) is 0 Å². The van der Waals surface area contributed by atoms with Gasteiger partial charge in [0.2, 0.25) is 0 Å². The highest BCUT2D eigenvalue weighted by atomic mass is 16.5. The second-order valence-corrected chi connectivity index (χ2v) is 3.04. The fourth-order valence-corrected chi connectivity index (χ4v) is 0.902. The zero-order valence-electron chi connectivity index (χ0n) is 8.14. The lowest BCUT2D eigenvalue weighted by Crippen LogP contribution is -2.30. The zero-order chi connectivity index (χ0) is 11.4. The van der Waals surface area contributed by atoms with Gasteiger partial charge >= 0.3 is 11.9 Å². The van der Waals surface area contributed by atoms with Crippen LogP contribution in [-0.2, 0) is 4.79 Å². The number of hydrogen-bond acceptors (Lipinski definition) is 4. The van der Waals surface area contributed by atoms with Crippen molar-refractivity contribution >= 4 is 11.9 Å². The maximum Gasteiger partial charge on any atom is 0.335 e. The van der Waals surface area contributed by atoms with Crippen LogP contribution in [0.4, 0.5) is 0 Å². The van der Waals surface area contributed by atoms with Crippen LogP contribution in [0.2, 0.25) is 0 Å². The maximum atomic E-state index is 11.1. The first-order chi connectivity index (χ1) is 7.00. The minimum absolute atomic E-state index is 0.0602. The Hall–Kier alpha value is -1.88. The molecule has 0 aliphatic heterocycles. The summed E-state index contributed by atoms with van der Waals surface area (Å²) in [6, 6.07) is 4.92. The van der Waals surface area contributed by atoms with Crippen molar-refractivity contribution in [1.29, 1.82) is 0 Å². The van der Waals surface area contributed by atoms with Gasteiger partial charge in [0.1, 0.15) is 11.8 Å². The molecular formula is C10H11NO4. The molecule has 0 amide bonds. The normalized spacial score (nSPS) is 11.9. The van der Waals surface area contributed by atoms with Gasteiger partial charge in [-0.15, -0.1) is 0 Å². The quantitative estimate of drug-likeness (QED) is 0.563. The molecule has 80 valence electrons. The Morgan fingerprint density at radius 3 is 2.67 bits per heavy atom. The van der Waals surface area contributed by atoms with Gasteiger partial charge in [0, 0.05) is 0 Å². The van der Waals surface area contributed by atoms with Gasteiger partial charge < -0.3 is 15.6 Å². The van der Waals surface area contributed by atoms with Crippen LogP contribution in [0.1, 0.15) is 17.3 Å². The highest BCUT2D eigenvalue weighted by Crippen LogP contribution is 2.13. The summed E-state index contributed by atoms with van der Waals surface area (Å²) in [7, 11) is 0. The Morgan fingerprint density at radius 2 is 2.13 bits per heavy atom. The summed E-state index contributed by atoms with van der Waals surface area (Å²) < 4.78 is 4.84. The average Bonchev–Trinajstić information content (AvgIpc) is 2.18. The molecule has 0 fully saturated rings. The molecule has 0 aliphatic rings. The molecule has 0 bridgehead atoms. The van der Waals surface area contributed by atoms with Crippen LogP contribution in [0.25, 0.3) is 0 Å². The van der Waals surface area contributed by atoms with Gasteiger partial charge in [0.15, 0.2) is 0 Å². The summed E-state index contributed by atoms with van der Waals surface area (Å²) in [5, 5.41) is 8.69. The lowest BCUT2D eigenvalue weighted by atomic mass is 10.2. The SMILES string of the molecule is C[C@H](N)C(=O)Oc1cccc(C(=O)O)c1. The maximum absolute atomic E-state index is 11.1. The van der Waals surface area contributed by atoms with E-state index in [2.05, 4.69) is 0 Å². The molecule has 0 spiro atoms. The van der Waals surface area contributed by atoms with Crippen LogP contribution in [0, 0.1) is 0 Å². The molecule has 1 atom stereocenters. The van der Waals surface area contributed by atoms with Gasteiger partial charge in [-0.1, -0.05) is 6.07 Å². The molecule has 0 saturated carbocycles. The summed E-state index contributed by atoms with van der Waals surface area (Å²) in [5.41, 5.74) is 5.35. The third kappa shape index (κ3) is 3.07. The Balaban J connectivity index is 2.83. The van der Waals surface area contributed by atoms with Crippen LogP contribution >= 0.6 is 0 Å². The van der Waals surface area contributed by atoms with Crippen molar-refractivity contribution in [2.45, 2.75) is 13.0 Å². The van der Waals surface area contributed by atoms with Gasteiger partial charge in [-0.3, -0.25) is 0 Å². The second-order valence-electron chi connectivity index (χ2n) is 3.04. The average molecular weight is 209 g/mol. The number of carbonyl (C=O) groups excluding carboxylic acids is 1. The monoisotopic (exact) mass is 209 g/mol. The Labute approximate surface area is 86.5 Å². The molecule has 0 heterocycles. The predicted octanol–water partition coefficient (Wildman–Crippen LogP) is 0.637. The van der Waals surface area contributed by atoms with Gasteiger partial charge in [-0.2, -0.15) is 0 Å². The molecule has 3 N–H and O–H groups in total. The topological polar surface area (TPSA) is 89.6 Å². The Bertz CT molecular complexity index is 387. The van der Waals surface area contributed by atoms with Crippen molar-refractivity contribution in [3.8, 4) is 5.75 Å². The van der Waals surface area contributed by atoms with E-state index < -0.39 is 18.0 Å². The predicted molar refractivity (Wildman–Crippen MR) is 52.7 cm³/mol. The van der Waals surface area contributed by atoms with E-state index in [9.17, 15) is 9.59 Å². The number of nitrogens with two attached hydrogens (primary N) is 1. The number of aromatic carboxylic acids is 1. The van der Waals surface area contributed by atoms with Gasteiger partial charge in [0.25, 0.3) is 0 Å². The van der Waals surface area contributed by atoms with Gasteiger partial charge in [0.05, 0.1) is 5.56 Å².